The molecule has 0 bridgehead atoms. The van der Waals surface area contributed by atoms with E-state index in [1.165, 1.54) is 6.26 Å². The Morgan fingerprint density at radius 1 is 1.21 bits per heavy atom. The van der Waals surface area contributed by atoms with Crippen molar-refractivity contribution in [3.63, 3.8) is 0 Å². The predicted molar refractivity (Wildman–Crippen MR) is 103 cm³/mol. The summed E-state index contributed by atoms with van der Waals surface area (Å²) in [5.41, 5.74) is 2.52. The summed E-state index contributed by atoms with van der Waals surface area (Å²) in [6.45, 7) is 2.82. The number of oxazole rings is 1. The number of aryl methyl sites for hydroxylation is 1. The second-order valence-corrected chi connectivity index (χ2v) is 6.78. The highest BCUT2D eigenvalue weighted by Gasteiger charge is 2.35. The van der Waals surface area contributed by atoms with Crippen molar-refractivity contribution < 1.29 is 18.7 Å². The van der Waals surface area contributed by atoms with Crippen LogP contribution in [0.3, 0.4) is 0 Å². The van der Waals surface area contributed by atoms with Crippen molar-refractivity contribution in [2.24, 2.45) is 0 Å². The van der Waals surface area contributed by atoms with E-state index in [1.807, 2.05) is 60.4 Å². The minimum absolute atomic E-state index is 0.0990. The van der Waals surface area contributed by atoms with Gasteiger partial charge in [-0.05, 0) is 36.6 Å². The minimum atomic E-state index is -0.122. The molecule has 2 heterocycles. The average Bonchev–Trinajstić information content (AvgIpc) is 3.16. The lowest BCUT2D eigenvalue weighted by molar-refractivity contribution is 0.0454. The maximum atomic E-state index is 12.8. The lowest BCUT2D eigenvalue weighted by atomic mass is 9.94. The SMILES string of the molecule is COc1cc(C)ccc1OCc1nc(C(=O)N2CCC2c2ccccc2)co1. The van der Waals surface area contributed by atoms with E-state index in [9.17, 15) is 4.79 Å². The van der Waals surface area contributed by atoms with Crippen LogP contribution in [-0.4, -0.2) is 29.4 Å². The molecule has 0 N–H and O–H groups in total. The fraction of sp³-hybridized carbons (Fsp3) is 0.273. The zero-order valence-corrected chi connectivity index (χ0v) is 15.9. The fourth-order valence-electron chi connectivity index (χ4n) is 3.31. The predicted octanol–water partition coefficient (Wildman–Crippen LogP) is 4.16. The molecule has 144 valence electrons. The molecule has 1 aromatic heterocycles. The smallest absolute Gasteiger partial charge is 0.276 e. The van der Waals surface area contributed by atoms with E-state index in [0.717, 1.165) is 24.1 Å². The molecule has 4 rings (SSSR count). The van der Waals surface area contributed by atoms with Gasteiger partial charge in [-0.1, -0.05) is 36.4 Å². The molecule has 6 nitrogen and oxygen atoms in total. The van der Waals surface area contributed by atoms with Crippen LogP contribution >= 0.6 is 0 Å². The molecule has 28 heavy (non-hydrogen) atoms. The molecule has 1 atom stereocenters. The molecule has 0 saturated carbocycles. The first kappa shape index (κ1) is 18.1. The van der Waals surface area contributed by atoms with Crippen molar-refractivity contribution >= 4 is 5.91 Å². The topological polar surface area (TPSA) is 64.8 Å². The van der Waals surface area contributed by atoms with E-state index in [1.54, 1.807) is 7.11 Å². The van der Waals surface area contributed by atoms with Crippen molar-refractivity contribution in [3.8, 4) is 11.5 Å². The number of nitrogens with zero attached hydrogens (tertiary/aromatic N) is 2. The molecule has 1 unspecified atom stereocenters. The highest BCUT2D eigenvalue weighted by Crippen LogP contribution is 2.34. The van der Waals surface area contributed by atoms with Crippen molar-refractivity contribution in [1.82, 2.24) is 9.88 Å². The van der Waals surface area contributed by atoms with E-state index in [-0.39, 0.29) is 18.6 Å². The van der Waals surface area contributed by atoms with Crippen LogP contribution in [-0.2, 0) is 6.61 Å². The second kappa shape index (κ2) is 7.76. The zero-order chi connectivity index (χ0) is 19.5. The summed E-state index contributed by atoms with van der Waals surface area (Å²) in [5.74, 6) is 1.48. The number of hydrogen-bond acceptors (Lipinski definition) is 5. The van der Waals surface area contributed by atoms with Gasteiger partial charge in [0.1, 0.15) is 6.26 Å². The molecule has 1 saturated heterocycles. The third-order valence-corrected chi connectivity index (χ3v) is 4.91. The van der Waals surface area contributed by atoms with E-state index in [2.05, 4.69) is 4.98 Å². The van der Waals surface area contributed by atoms with E-state index in [4.69, 9.17) is 13.9 Å². The Balaban J connectivity index is 1.41. The maximum absolute atomic E-state index is 12.8. The number of benzene rings is 2. The molecule has 2 aromatic carbocycles. The second-order valence-electron chi connectivity index (χ2n) is 6.78. The number of hydrogen-bond donors (Lipinski definition) is 0. The van der Waals surface area contributed by atoms with Gasteiger partial charge in [0.15, 0.2) is 23.8 Å². The molecule has 3 aromatic rings. The van der Waals surface area contributed by atoms with Crippen LogP contribution in [0.4, 0.5) is 0 Å². The first-order chi connectivity index (χ1) is 13.7. The van der Waals surface area contributed by atoms with Crippen molar-refractivity contribution in [3.05, 3.63) is 77.5 Å². The van der Waals surface area contributed by atoms with Gasteiger partial charge in [0.25, 0.3) is 5.91 Å². The standard InChI is InChI=1S/C22H22N2O4/c1-15-8-9-19(20(12-15)26-2)27-14-21-23-17(13-28-21)22(25)24-11-10-18(24)16-6-4-3-5-7-16/h3-9,12-13,18H,10-11,14H2,1-2H3. The summed E-state index contributed by atoms with van der Waals surface area (Å²) in [6, 6.07) is 15.8. The summed E-state index contributed by atoms with van der Waals surface area (Å²) < 4.78 is 16.5. The van der Waals surface area contributed by atoms with E-state index in [0.29, 0.717) is 23.1 Å². The number of likely N-dealkylation sites (tertiary alicyclic amines) is 1. The van der Waals surface area contributed by atoms with Gasteiger partial charge in [0.2, 0.25) is 5.89 Å². The molecule has 1 fully saturated rings. The number of ether oxygens (including phenoxy) is 2. The summed E-state index contributed by atoms with van der Waals surface area (Å²) in [6.07, 6.45) is 2.35. The van der Waals surface area contributed by atoms with Crippen molar-refractivity contribution in [2.75, 3.05) is 13.7 Å². The average molecular weight is 378 g/mol. The van der Waals surface area contributed by atoms with E-state index < -0.39 is 0 Å². The third kappa shape index (κ3) is 3.58. The molecule has 0 aliphatic carbocycles. The number of carbonyl (C=O) groups is 1. The maximum Gasteiger partial charge on any atom is 0.276 e. The summed E-state index contributed by atoms with van der Waals surface area (Å²) in [4.78, 5) is 18.9. The summed E-state index contributed by atoms with van der Waals surface area (Å²) in [5, 5.41) is 0. The van der Waals surface area contributed by atoms with E-state index >= 15 is 0 Å². The van der Waals surface area contributed by atoms with Crippen molar-refractivity contribution in [2.45, 2.75) is 26.0 Å². The van der Waals surface area contributed by atoms with Gasteiger partial charge >= 0.3 is 0 Å². The van der Waals surface area contributed by atoms with Crippen LogP contribution in [0.2, 0.25) is 0 Å². The van der Waals surface area contributed by atoms with Gasteiger partial charge in [-0.3, -0.25) is 4.79 Å². The summed E-state index contributed by atoms with van der Waals surface area (Å²) in [7, 11) is 1.60. The zero-order valence-electron chi connectivity index (χ0n) is 15.9. The van der Waals surface area contributed by atoms with Crippen LogP contribution in [0.5, 0.6) is 11.5 Å². The Hall–Kier alpha value is -3.28. The normalized spacial score (nSPS) is 15.8. The quantitative estimate of drug-likeness (QED) is 0.644. The largest absolute Gasteiger partial charge is 0.493 e. The summed E-state index contributed by atoms with van der Waals surface area (Å²) >= 11 is 0. The number of amides is 1. The van der Waals surface area contributed by atoms with Crippen LogP contribution in [0.25, 0.3) is 0 Å². The number of methoxy groups -OCH3 is 1. The molecule has 1 aliphatic heterocycles. The van der Waals surface area contributed by atoms with Gasteiger partial charge < -0.3 is 18.8 Å². The Morgan fingerprint density at radius 3 is 2.75 bits per heavy atom. The Bertz CT molecular complexity index is 968. The highest BCUT2D eigenvalue weighted by molar-refractivity contribution is 5.92. The number of aromatic nitrogens is 1. The molecule has 0 radical (unpaired) electrons. The monoisotopic (exact) mass is 378 g/mol. The van der Waals surface area contributed by atoms with Crippen LogP contribution in [0.15, 0.2) is 59.2 Å². The molecule has 1 aliphatic rings. The Labute approximate surface area is 163 Å². The van der Waals surface area contributed by atoms with Gasteiger partial charge in [-0.2, -0.15) is 0 Å². The first-order valence-corrected chi connectivity index (χ1v) is 9.23. The van der Waals surface area contributed by atoms with Gasteiger partial charge in [-0.25, -0.2) is 4.98 Å². The number of rotatable bonds is 6. The van der Waals surface area contributed by atoms with Crippen molar-refractivity contribution in [1.29, 1.82) is 0 Å². The first-order valence-electron chi connectivity index (χ1n) is 9.23. The lowest BCUT2D eigenvalue weighted by Crippen LogP contribution is -2.45. The third-order valence-electron chi connectivity index (χ3n) is 4.91. The molecule has 6 heteroatoms. The number of carbonyl (C=O) groups excluding carboxylic acids is 1. The van der Waals surface area contributed by atoms with Gasteiger partial charge in [0.05, 0.1) is 13.2 Å². The fourth-order valence-corrected chi connectivity index (χ4v) is 3.31. The van der Waals surface area contributed by atoms with Gasteiger partial charge in [0, 0.05) is 6.54 Å². The Morgan fingerprint density at radius 2 is 2.04 bits per heavy atom. The minimum Gasteiger partial charge on any atom is -0.493 e. The van der Waals surface area contributed by atoms with Crippen LogP contribution in [0, 0.1) is 6.92 Å². The Kier molecular flexibility index (Phi) is 5.02. The van der Waals surface area contributed by atoms with Crippen LogP contribution in [0.1, 0.15) is 40.0 Å². The molecular formula is C22H22N2O4. The molecule has 0 spiro atoms. The molecule has 1 amide bonds. The van der Waals surface area contributed by atoms with Crippen LogP contribution < -0.4 is 9.47 Å². The lowest BCUT2D eigenvalue weighted by Gasteiger charge is -2.40. The molecular weight excluding hydrogens is 356 g/mol. The van der Waals surface area contributed by atoms with Gasteiger partial charge in [-0.15, -0.1) is 0 Å². The highest BCUT2D eigenvalue weighted by atomic mass is 16.5.